The van der Waals surface area contributed by atoms with Crippen LogP contribution in [-0.2, 0) is 0 Å². The van der Waals surface area contributed by atoms with Gasteiger partial charge in [0.2, 0.25) is 0 Å². The van der Waals surface area contributed by atoms with Crippen molar-refractivity contribution in [2.45, 2.75) is 0 Å². The Kier molecular flexibility index (Phi) is 3.24. The molecule has 0 fully saturated rings. The van der Waals surface area contributed by atoms with E-state index in [1.165, 1.54) is 45.0 Å². The minimum atomic E-state index is 0. The number of para-hydroxylation sites is 4. The van der Waals surface area contributed by atoms with Crippen LogP contribution in [0, 0.1) is 0 Å². The molecule has 0 aromatic heterocycles. The van der Waals surface area contributed by atoms with E-state index in [0.29, 0.717) is 4.48 Å². The Labute approximate surface area is 163 Å². The molecule has 26 heavy (non-hydrogen) atoms. The molecule has 4 aromatic rings. The van der Waals surface area contributed by atoms with Gasteiger partial charge in [0.25, 0.3) is 0 Å². The molecule has 124 valence electrons. The van der Waals surface area contributed by atoms with E-state index in [2.05, 4.69) is 97.1 Å². The van der Waals surface area contributed by atoms with Crippen LogP contribution in [0.3, 0.4) is 0 Å². The van der Waals surface area contributed by atoms with Crippen molar-refractivity contribution in [2.75, 3.05) is 0 Å². The van der Waals surface area contributed by atoms with Gasteiger partial charge in [-0.3, -0.25) is 0 Å². The molecule has 0 aliphatic carbocycles. The molecule has 0 atom stereocenters. The minimum Gasteiger partial charge on any atom is -1.00 e. The summed E-state index contributed by atoms with van der Waals surface area (Å²) in [5, 5.41) is 0. The Morgan fingerprint density at radius 1 is 0.346 bits per heavy atom. The quantitative estimate of drug-likeness (QED) is 0.340. The van der Waals surface area contributed by atoms with Gasteiger partial charge in [-0.25, -0.2) is 0 Å². The largest absolute Gasteiger partial charge is 1.00 e. The molecule has 0 radical (unpaired) electrons. The van der Waals surface area contributed by atoms with Gasteiger partial charge in [-0.1, -0.05) is 48.5 Å². The lowest BCUT2D eigenvalue weighted by Crippen LogP contribution is -3.00. The molecule has 4 aromatic carbocycles. The first-order valence-electron chi connectivity index (χ1n) is 8.70. The summed E-state index contributed by atoms with van der Waals surface area (Å²) in [5.41, 5.74) is 10.7. The molecule has 6 rings (SSSR count). The molecular weight excluding hydrogens is 382 g/mol. The third kappa shape index (κ3) is 1.64. The third-order valence-corrected chi connectivity index (χ3v) is 5.64. The van der Waals surface area contributed by atoms with Gasteiger partial charge in [-0.2, -0.15) is 4.48 Å². The highest BCUT2D eigenvalue weighted by Gasteiger charge is 2.53. The number of halogens is 1. The highest BCUT2D eigenvalue weighted by Crippen LogP contribution is 2.68. The zero-order valence-corrected chi connectivity index (χ0v) is 15.6. The van der Waals surface area contributed by atoms with Crippen LogP contribution >= 0.6 is 0 Å². The Bertz CT molecular complexity index is 974. The molecule has 2 heteroatoms. The molecule has 1 nitrogen and oxygen atoms in total. The van der Waals surface area contributed by atoms with Crippen molar-refractivity contribution in [3.05, 3.63) is 97.1 Å². The lowest BCUT2D eigenvalue weighted by Gasteiger charge is -2.31. The number of hydrogen-bond acceptors (Lipinski definition) is 0. The fraction of sp³-hybridized carbons (Fsp3) is 0. The summed E-state index contributed by atoms with van der Waals surface area (Å²) in [6, 6.07) is 35.4. The fourth-order valence-corrected chi connectivity index (χ4v) is 4.75. The first kappa shape index (κ1) is 15.6. The second-order valence-corrected chi connectivity index (χ2v) is 6.74. The lowest BCUT2D eigenvalue weighted by atomic mass is 10.1. The van der Waals surface area contributed by atoms with Crippen LogP contribution in [0.2, 0.25) is 0 Å². The highest BCUT2D eigenvalue weighted by atomic mass is 79.9. The Hall–Kier alpha value is -2.68. The maximum absolute atomic E-state index is 2.29. The van der Waals surface area contributed by atoms with Gasteiger partial charge in [0, 0.05) is 24.3 Å². The van der Waals surface area contributed by atoms with E-state index >= 15 is 0 Å². The van der Waals surface area contributed by atoms with Crippen molar-refractivity contribution in [1.82, 2.24) is 4.48 Å². The van der Waals surface area contributed by atoms with Crippen LogP contribution in [-0.4, -0.2) is 0 Å². The summed E-state index contributed by atoms with van der Waals surface area (Å²) >= 11 is 0. The third-order valence-electron chi connectivity index (χ3n) is 5.64. The summed E-state index contributed by atoms with van der Waals surface area (Å²) < 4.78 is 0.707. The monoisotopic (exact) mass is 397 g/mol. The van der Waals surface area contributed by atoms with Crippen LogP contribution in [0.1, 0.15) is 0 Å². The second kappa shape index (κ2) is 5.41. The summed E-state index contributed by atoms with van der Waals surface area (Å²) in [5.74, 6) is 0. The Morgan fingerprint density at radius 3 is 0.846 bits per heavy atom. The Morgan fingerprint density at radius 2 is 0.577 bits per heavy atom. The molecule has 0 amide bonds. The lowest BCUT2D eigenvalue weighted by molar-refractivity contribution is -0.00000461. The smallest absolute Gasteiger partial charge is 0.156 e. The van der Waals surface area contributed by atoms with E-state index in [4.69, 9.17) is 0 Å². The topological polar surface area (TPSA) is 0 Å². The van der Waals surface area contributed by atoms with Crippen molar-refractivity contribution in [3.63, 3.8) is 0 Å². The number of fused-ring (bicyclic) bond motifs is 10. The zero-order valence-electron chi connectivity index (χ0n) is 14.1. The average Bonchev–Trinajstić information content (AvgIpc) is 3.16. The maximum Gasteiger partial charge on any atom is 0.156 e. The molecule has 0 saturated carbocycles. The zero-order chi connectivity index (χ0) is 16.4. The van der Waals surface area contributed by atoms with Crippen molar-refractivity contribution in [1.29, 1.82) is 0 Å². The van der Waals surface area contributed by atoms with E-state index in [9.17, 15) is 0 Å². The maximum atomic E-state index is 2.29. The number of quaternary nitrogens is 1. The summed E-state index contributed by atoms with van der Waals surface area (Å²) in [6.45, 7) is 0. The number of hydrogen-bond donors (Lipinski definition) is 0. The molecule has 2 heterocycles. The van der Waals surface area contributed by atoms with E-state index < -0.39 is 0 Å². The van der Waals surface area contributed by atoms with Gasteiger partial charge < -0.3 is 17.0 Å². The molecule has 2 aliphatic rings. The predicted octanol–water partition coefficient (Wildman–Crippen LogP) is 3.95. The second-order valence-electron chi connectivity index (χ2n) is 6.74. The Balaban J connectivity index is 0.00000150. The summed E-state index contributed by atoms with van der Waals surface area (Å²) in [6.07, 6.45) is 0. The van der Waals surface area contributed by atoms with E-state index in [1.54, 1.807) is 0 Å². The first-order valence-corrected chi connectivity index (χ1v) is 8.70. The fourth-order valence-electron chi connectivity index (χ4n) is 4.75. The van der Waals surface area contributed by atoms with Crippen LogP contribution < -0.4 is 21.5 Å². The predicted molar refractivity (Wildman–Crippen MR) is 105 cm³/mol. The van der Waals surface area contributed by atoms with Crippen molar-refractivity contribution >= 4 is 22.7 Å². The van der Waals surface area contributed by atoms with E-state index in [0.717, 1.165) is 0 Å². The number of rotatable bonds is 0. The average molecular weight is 398 g/mol. The van der Waals surface area contributed by atoms with Gasteiger partial charge in [-0.15, -0.1) is 0 Å². The molecule has 0 N–H and O–H groups in total. The number of nitrogens with zero attached hydrogens (tertiary/aromatic N) is 1. The standard InChI is InChI=1S/C24H16N.BrH/c1-5-13-21-17(9-1)18-10-2-6-14-22(18)25(21)23-15-7-3-11-19(23)20-12-4-8-16-24(20)25;/h1-16H;1H/q+1;/p-1. The van der Waals surface area contributed by atoms with Crippen molar-refractivity contribution < 1.29 is 17.0 Å². The van der Waals surface area contributed by atoms with Gasteiger partial charge >= 0.3 is 0 Å². The SMILES string of the molecule is [Br-].c1ccc2c(c1)-c1ccccc1[N+]21c2ccccc2-c2ccccc21. The molecular formula is C24H16BrN. The van der Waals surface area contributed by atoms with Gasteiger partial charge in [-0.05, 0) is 24.3 Å². The van der Waals surface area contributed by atoms with Gasteiger partial charge in [0.05, 0.1) is 22.3 Å². The molecule has 0 unspecified atom stereocenters. The van der Waals surface area contributed by atoms with Crippen molar-refractivity contribution in [3.8, 4) is 22.3 Å². The molecule has 1 spiro atoms. The molecule has 0 bridgehead atoms. The first-order chi connectivity index (χ1) is 12.4. The van der Waals surface area contributed by atoms with E-state index in [-0.39, 0.29) is 17.0 Å². The van der Waals surface area contributed by atoms with Crippen LogP contribution in [0.25, 0.3) is 22.3 Å². The van der Waals surface area contributed by atoms with Crippen LogP contribution in [0.15, 0.2) is 97.1 Å². The summed E-state index contributed by atoms with van der Waals surface area (Å²) in [7, 11) is 0. The highest BCUT2D eigenvalue weighted by molar-refractivity contribution is 6.10. The normalized spacial score (nSPS) is 14.2. The van der Waals surface area contributed by atoms with Crippen LogP contribution in [0.4, 0.5) is 22.7 Å². The van der Waals surface area contributed by atoms with Gasteiger partial charge in [0.15, 0.2) is 22.7 Å². The minimum absolute atomic E-state index is 0. The number of benzene rings is 4. The molecule has 2 aliphatic heterocycles. The summed E-state index contributed by atoms with van der Waals surface area (Å²) in [4.78, 5) is 0. The molecule has 0 saturated heterocycles. The van der Waals surface area contributed by atoms with Gasteiger partial charge in [0.1, 0.15) is 0 Å². The van der Waals surface area contributed by atoms with Crippen LogP contribution in [0.5, 0.6) is 0 Å². The van der Waals surface area contributed by atoms with E-state index in [1.807, 2.05) is 0 Å². The van der Waals surface area contributed by atoms with Crippen molar-refractivity contribution in [2.24, 2.45) is 0 Å².